The van der Waals surface area contributed by atoms with Crippen LogP contribution >= 0.6 is 0 Å². The van der Waals surface area contributed by atoms with Crippen molar-refractivity contribution in [2.45, 2.75) is 19.9 Å². The maximum atomic E-state index is 12.5. The van der Waals surface area contributed by atoms with Gasteiger partial charge in [-0.2, -0.15) is 5.10 Å². The molecular weight excluding hydrogens is 332 g/mol. The van der Waals surface area contributed by atoms with Crippen LogP contribution in [0.1, 0.15) is 23.0 Å². The van der Waals surface area contributed by atoms with Gasteiger partial charge in [-0.3, -0.25) is 9.69 Å². The number of methoxy groups -OCH3 is 1. The fourth-order valence-electron chi connectivity index (χ4n) is 3.07. The zero-order chi connectivity index (χ0) is 18.5. The van der Waals surface area contributed by atoms with Crippen molar-refractivity contribution in [3.63, 3.8) is 0 Å². The summed E-state index contributed by atoms with van der Waals surface area (Å²) in [4.78, 5) is 14.8. The SMILES string of the molecule is COc1ccc(C)cc1-n1ccc(C(=O)NC(C)CN2CCOCC2)n1. The molecule has 1 fully saturated rings. The number of aryl methyl sites for hydroxylation is 1. The minimum absolute atomic E-state index is 0.0410. The first-order chi connectivity index (χ1) is 12.6. The first-order valence-corrected chi connectivity index (χ1v) is 8.88. The lowest BCUT2D eigenvalue weighted by Crippen LogP contribution is -2.46. The molecule has 26 heavy (non-hydrogen) atoms. The molecule has 1 N–H and O–H groups in total. The third-order valence-corrected chi connectivity index (χ3v) is 4.42. The van der Waals surface area contributed by atoms with Crippen LogP contribution < -0.4 is 10.1 Å². The summed E-state index contributed by atoms with van der Waals surface area (Å²) < 4.78 is 12.4. The molecule has 1 aliphatic rings. The molecular formula is C19H26N4O3. The molecule has 7 nitrogen and oxygen atoms in total. The van der Waals surface area contributed by atoms with Crippen molar-refractivity contribution >= 4 is 5.91 Å². The second-order valence-electron chi connectivity index (χ2n) is 6.61. The van der Waals surface area contributed by atoms with Crippen molar-refractivity contribution in [1.29, 1.82) is 0 Å². The number of nitrogens with zero attached hydrogens (tertiary/aromatic N) is 3. The highest BCUT2D eigenvalue weighted by Crippen LogP contribution is 2.23. The molecule has 1 saturated heterocycles. The number of ether oxygens (including phenoxy) is 2. The Bertz CT molecular complexity index is 753. The highest BCUT2D eigenvalue weighted by Gasteiger charge is 2.18. The van der Waals surface area contributed by atoms with E-state index >= 15 is 0 Å². The fraction of sp³-hybridized carbons (Fsp3) is 0.474. The molecule has 0 radical (unpaired) electrons. The molecule has 140 valence electrons. The minimum Gasteiger partial charge on any atom is -0.494 e. The van der Waals surface area contributed by atoms with E-state index in [-0.39, 0.29) is 11.9 Å². The van der Waals surface area contributed by atoms with E-state index in [4.69, 9.17) is 9.47 Å². The van der Waals surface area contributed by atoms with Gasteiger partial charge >= 0.3 is 0 Å². The maximum Gasteiger partial charge on any atom is 0.272 e. The molecule has 2 aromatic rings. The van der Waals surface area contributed by atoms with Gasteiger partial charge in [0.15, 0.2) is 5.69 Å². The number of morpholine rings is 1. The van der Waals surface area contributed by atoms with Gasteiger partial charge < -0.3 is 14.8 Å². The molecule has 1 aromatic carbocycles. The molecule has 7 heteroatoms. The highest BCUT2D eigenvalue weighted by molar-refractivity contribution is 5.92. The van der Waals surface area contributed by atoms with E-state index in [2.05, 4.69) is 15.3 Å². The summed E-state index contributed by atoms with van der Waals surface area (Å²) in [5.74, 6) is 0.544. The minimum atomic E-state index is -0.170. The number of aromatic nitrogens is 2. The topological polar surface area (TPSA) is 68.6 Å². The molecule has 3 rings (SSSR count). The summed E-state index contributed by atoms with van der Waals surface area (Å²) in [5, 5.41) is 7.44. The van der Waals surface area contributed by atoms with Crippen molar-refractivity contribution in [2.75, 3.05) is 40.0 Å². The van der Waals surface area contributed by atoms with Gasteiger partial charge in [-0.05, 0) is 37.6 Å². The Morgan fingerprint density at radius 3 is 2.85 bits per heavy atom. The normalized spacial score (nSPS) is 16.3. The number of carbonyl (C=O) groups excluding carboxylic acids is 1. The Labute approximate surface area is 153 Å². The van der Waals surface area contributed by atoms with Crippen LogP contribution in [0.3, 0.4) is 0 Å². The monoisotopic (exact) mass is 358 g/mol. The van der Waals surface area contributed by atoms with Gasteiger partial charge in [0.2, 0.25) is 0 Å². The second kappa shape index (κ2) is 8.33. The van der Waals surface area contributed by atoms with Gasteiger partial charge in [0.25, 0.3) is 5.91 Å². The van der Waals surface area contributed by atoms with E-state index in [0.29, 0.717) is 11.4 Å². The van der Waals surface area contributed by atoms with E-state index in [1.165, 1.54) is 0 Å². The summed E-state index contributed by atoms with van der Waals surface area (Å²) in [6.07, 6.45) is 1.78. The van der Waals surface area contributed by atoms with E-state index in [1.807, 2.05) is 32.0 Å². The van der Waals surface area contributed by atoms with Crippen molar-refractivity contribution in [1.82, 2.24) is 20.0 Å². The standard InChI is InChI=1S/C19H26N4O3/c1-14-4-5-18(25-3)17(12-14)23-7-6-16(21-23)19(24)20-15(2)13-22-8-10-26-11-9-22/h4-7,12,15H,8-11,13H2,1-3H3,(H,20,24). The Balaban J connectivity index is 1.65. The number of nitrogens with one attached hydrogen (secondary N) is 1. The van der Waals surface area contributed by atoms with Crippen LogP contribution in [0.5, 0.6) is 5.75 Å². The molecule has 1 amide bonds. The number of hydrogen-bond donors (Lipinski definition) is 1. The van der Waals surface area contributed by atoms with Crippen LogP contribution in [0.15, 0.2) is 30.5 Å². The van der Waals surface area contributed by atoms with Crippen LogP contribution in [-0.2, 0) is 4.74 Å². The number of rotatable bonds is 6. The molecule has 0 saturated carbocycles. The molecule has 1 aromatic heterocycles. The van der Waals surface area contributed by atoms with Crippen LogP contribution in [0, 0.1) is 6.92 Å². The number of amides is 1. The third kappa shape index (κ3) is 4.42. The zero-order valence-corrected chi connectivity index (χ0v) is 15.6. The summed E-state index contributed by atoms with van der Waals surface area (Å²) in [6.45, 7) is 8.14. The fourth-order valence-corrected chi connectivity index (χ4v) is 3.07. The summed E-state index contributed by atoms with van der Waals surface area (Å²) in [7, 11) is 1.62. The quantitative estimate of drug-likeness (QED) is 0.850. The second-order valence-corrected chi connectivity index (χ2v) is 6.61. The molecule has 0 spiro atoms. The first kappa shape index (κ1) is 18.4. The van der Waals surface area contributed by atoms with Gasteiger partial charge in [0.05, 0.1) is 20.3 Å². The Morgan fingerprint density at radius 1 is 1.35 bits per heavy atom. The van der Waals surface area contributed by atoms with Gasteiger partial charge in [-0.25, -0.2) is 4.68 Å². The molecule has 2 heterocycles. The van der Waals surface area contributed by atoms with E-state index in [1.54, 1.807) is 24.1 Å². The Kier molecular flexibility index (Phi) is 5.90. The maximum absolute atomic E-state index is 12.5. The summed E-state index contributed by atoms with van der Waals surface area (Å²) >= 11 is 0. The van der Waals surface area contributed by atoms with Crippen molar-refractivity contribution in [2.24, 2.45) is 0 Å². The van der Waals surface area contributed by atoms with Crippen molar-refractivity contribution < 1.29 is 14.3 Å². The average molecular weight is 358 g/mol. The van der Waals surface area contributed by atoms with Crippen molar-refractivity contribution in [3.05, 3.63) is 41.7 Å². The predicted octanol–water partition coefficient (Wildman–Crippen LogP) is 1.64. The molecule has 1 atom stereocenters. The largest absolute Gasteiger partial charge is 0.494 e. The van der Waals surface area contributed by atoms with Crippen LogP contribution in [0.25, 0.3) is 5.69 Å². The molecule has 1 unspecified atom stereocenters. The van der Waals surface area contributed by atoms with Gasteiger partial charge in [0.1, 0.15) is 11.4 Å². The molecule has 0 bridgehead atoms. The first-order valence-electron chi connectivity index (χ1n) is 8.88. The van der Waals surface area contributed by atoms with E-state index in [9.17, 15) is 4.79 Å². The summed E-state index contributed by atoms with van der Waals surface area (Å²) in [5.41, 5.74) is 2.30. The number of benzene rings is 1. The Hall–Kier alpha value is -2.38. The number of hydrogen-bond acceptors (Lipinski definition) is 5. The zero-order valence-electron chi connectivity index (χ0n) is 15.6. The van der Waals surface area contributed by atoms with Crippen LogP contribution in [-0.4, -0.2) is 66.6 Å². The molecule has 0 aliphatic carbocycles. The van der Waals surface area contributed by atoms with Crippen molar-refractivity contribution in [3.8, 4) is 11.4 Å². The van der Waals surface area contributed by atoms with Gasteiger partial charge in [-0.1, -0.05) is 6.07 Å². The lowest BCUT2D eigenvalue weighted by atomic mass is 10.2. The Morgan fingerprint density at radius 2 is 2.12 bits per heavy atom. The van der Waals surface area contributed by atoms with Gasteiger partial charge in [-0.15, -0.1) is 0 Å². The van der Waals surface area contributed by atoms with E-state index < -0.39 is 0 Å². The van der Waals surface area contributed by atoms with Gasteiger partial charge in [0, 0.05) is 31.9 Å². The lowest BCUT2D eigenvalue weighted by Gasteiger charge is -2.29. The van der Waals surface area contributed by atoms with E-state index in [0.717, 1.165) is 44.1 Å². The smallest absolute Gasteiger partial charge is 0.272 e. The predicted molar refractivity (Wildman–Crippen MR) is 99.0 cm³/mol. The highest BCUT2D eigenvalue weighted by atomic mass is 16.5. The van der Waals surface area contributed by atoms with Crippen LogP contribution in [0.4, 0.5) is 0 Å². The molecule has 1 aliphatic heterocycles. The average Bonchev–Trinajstić information content (AvgIpc) is 3.12. The summed E-state index contributed by atoms with van der Waals surface area (Å²) in [6, 6.07) is 7.62. The number of carbonyl (C=O) groups is 1. The van der Waals surface area contributed by atoms with Crippen LogP contribution in [0.2, 0.25) is 0 Å². The lowest BCUT2D eigenvalue weighted by molar-refractivity contribution is 0.0342. The third-order valence-electron chi connectivity index (χ3n) is 4.42.